The van der Waals surface area contributed by atoms with E-state index in [9.17, 15) is 13.2 Å². The minimum absolute atomic E-state index is 0.406. The highest BCUT2D eigenvalue weighted by Crippen LogP contribution is 2.31. The molecule has 0 atom stereocenters. The zero-order valence-electron chi connectivity index (χ0n) is 11.4. The van der Waals surface area contributed by atoms with E-state index in [1.165, 1.54) is 12.1 Å². The number of anilines is 1. The van der Waals surface area contributed by atoms with Crippen LogP contribution in [0.15, 0.2) is 36.4 Å². The average Bonchev–Trinajstić information content (AvgIpc) is 2.46. The first kappa shape index (κ1) is 14.9. The Morgan fingerprint density at radius 2 is 1.71 bits per heavy atom. The van der Waals surface area contributed by atoms with Gasteiger partial charge in [0.25, 0.3) is 0 Å². The van der Waals surface area contributed by atoms with Crippen molar-refractivity contribution in [3.63, 3.8) is 0 Å². The van der Waals surface area contributed by atoms with Gasteiger partial charge in [0, 0.05) is 19.7 Å². The Balaban J connectivity index is 2.47. The Bertz CT molecular complexity index is 683. The van der Waals surface area contributed by atoms with Gasteiger partial charge >= 0.3 is 6.18 Å². The van der Waals surface area contributed by atoms with Crippen molar-refractivity contribution in [1.82, 2.24) is 4.98 Å². The van der Waals surface area contributed by atoms with E-state index in [4.69, 9.17) is 5.26 Å². The summed E-state index contributed by atoms with van der Waals surface area (Å²) in [6.45, 7) is 0. The van der Waals surface area contributed by atoms with E-state index in [0.717, 1.165) is 12.1 Å². The summed E-state index contributed by atoms with van der Waals surface area (Å²) in [6.07, 6.45) is -4.37. The average molecular weight is 291 g/mol. The number of nitriles is 1. The van der Waals surface area contributed by atoms with Crippen molar-refractivity contribution < 1.29 is 13.2 Å². The van der Waals surface area contributed by atoms with Crippen molar-refractivity contribution in [3.05, 3.63) is 47.5 Å². The van der Waals surface area contributed by atoms with E-state index in [1.807, 2.05) is 6.07 Å². The Morgan fingerprint density at radius 3 is 2.19 bits per heavy atom. The maximum absolute atomic E-state index is 12.5. The fourth-order valence-corrected chi connectivity index (χ4v) is 1.79. The summed E-state index contributed by atoms with van der Waals surface area (Å²) in [4.78, 5) is 6.07. The van der Waals surface area contributed by atoms with E-state index in [2.05, 4.69) is 4.98 Å². The van der Waals surface area contributed by atoms with Crippen molar-refractivity contribution in [1.29, 1.82) is 5.26 Å². The van der Waals surface area contributed by atoms with Gasteiger partial charge in [0.15, 0.2) is 0 Å². The lowest BCUT2D eigenvalue weighted by molar-refractivity contribution is -0.137. The zero-order valence-corrected chi connectivity index (χ0v) is 11.4. The van der Waals surface area contributed by atoms with Crippen molar-refractivity contribution in [3.8, 4) is 17.3 Å². The fourth-order valence-electron chi connectivity index (χ4n) is 1.79. The lowest BCUT2D eigenvalue weighted by Gasteiger charge is -2.13. The molecule has 0 amide bonds. The number of aromatic nitrogens is 1. The predicted octanol–water partition coefficient (Wildman–Crippen LogP) is 3.71. The van der Waals surface area contributed by atoms with Crippen LogP contribution in [-0.4, -0.2) is 19.1 Å². The van der Waals surface area contributed by atoms with Crippen LogP contribution in [0.2, 0.25) is 0 Å². The number of alkyl halides is 3. The van der Waals surface area contributed by atoms with E-state index in [-0.39, 0.29) is 0 Å². The minimum Gasteiger partial charge on any atom is -0.363 e. The molecule has 0 saturated heterocycles. The summed E-state index contributed by atoms with van der Waals surface area (Å²) >= 11 is 0. The van der Waals surface area contributed by atoms with Crippen molar-refractivity contribution in [2.45, 2.75) is 6.18 Å². The Hall–Kier alpha value is -2.55. The summed E-state index contributed by atoms with van der Waals surface area (Å²) in [5.41, 5.74) is 0.689. The van der Waals surface area contributed by atoms with Crippen LogP contribution in [0.25, 0.3) is 11.3 Å². The largest absolute Gasteiger partial charge is 0.416 e. The number of halogens is 3. The highest BCUT2D eigenvalue weighted by atomic mass is 19.4. The van der Waals surface area contributed by atoms with Gasteiger partial charge in [-0.25, -0.2) is 4.98 Å². The second-order valence-electron chi connectivity index (χ2n) is 4.68. The molecule has 0 spiro atoms. The Labute approximate surface area is 120 Å². The molecule has 0 aliphatic heterocycles. The van der Waals surface area contributed by atoms with Crippen LogP contribution < -0.4 is 4.90 Å². The lowest BCUT2D eigenvalue weighted by Crippen LogP contribution is -2.11. The number of nitrogens with zero attached hydrogens (tertiary/aromatic N) is 3. The number of benzene rings is 1. The standard InChI is InChI=1S/C15H12F3N3/c1-21(2)14-8-10(9-19)7-13(20-14)11-3-5-12(6-4-11)15(16,17)18/h3-8H,1-2H3. The van der Waals surface area contributed by atoms with Gasteiger partial charge in [0.2, 0.25) is 0 Å². The van der Waals surface area contributed by atoms with Gasteiger partial charge in [-0.05, 0) is 24.3 Å². The molecule has 0 bridgehead atoms. The molecular formula is C15H12F3N3. The second kappa shape index (κ2) is 5.44. The molecule has 21 heavy (non-hydrogen) atoms. The monoisotopic (exact) mass is 291 g/mol. The summed E-state index contributed by atoms with van der Waals surface area (Å²) in [5.74, 6) is 0.573. The molecule has 1 heterocycles. The summed E-state index contributed by atoms with van der Waals surface area (Å²) in [7, 11) is 3.56. The van der Waals surface area contributed by atoms with Crippen LogP contribution >= 0.6 is 0 Å². The number of hydrogen-bond donors (Lipinski definition) is 0. The van der Waals surface area contributed by atoms with Crippen molar-refractivity contribution in [2.75, 3.05) is 19.0 Å². The normalized spacial score (nSPS) is 11.0. The van der Waals surface area contributed by atoms with Crippen LogP contribution in [0, 0.1) is 11.3 Å². The molecule has 108 valence electrons. The summed E-state index contributed by atoms with van der Waals surface area (Å²) in [5, 5.41) is 9.02. The van der Waals surface area contributed by atoms with E-state index < -0.39 is 11.7 Å². The molecule has 3 nitrogen and oxygen atoms in total. The van der Waals surface area contributed by atoms with Gasteiger partial charge in [0.05, 0.1) is 22.9 Å². The van der Waals surface area contributed by atoms with Crippen molar-refractivity contribution in [2.24, 2.45) is 0 Å². The molecule has 0 unspecified atom stereocenters. The first-order chi connectivity index (χ1) is 9.81. The molecule has 0 N–H and O–H groups in total. The SMILES string of the molecule is CN(C)c1cc(C#N)cc(-c2ccc(C(F)(F)F)cc2)n1. The Morgan fingerprint density at radius 1 is 1.10 bits per heavy atom. The lowest BCUT2D eigenvalue weighted by atomic mass is 10.1. The molecule has 0 fully saturated rings. The topological polar surface area (TPSA) is 39.9 Å². The van der Waals surface area contributed by atoms with Crippen LogP contribution in [0.3, 0.4) is 0 Å². The molecule has 1 aromatic carbocycles. The molecule has 1 aromatic heterocycles. The third-order valence-electron chi connectivity index (χ3n) is 2.91. The minimum atomic E-state index is -4.37. The highest BCUT2D eigenvalue weighted by molar-refractivity contribution is 5.64. The van der Waals surface area contributed by atoms with Crippen LogP contribution in [0.4, 0.5) is 19.0 Å². The van der Waals surface area contributed by atoms with E-state index in [0.29, 0.717) is 22.6 Å². The molecule has 0 aliphatic carbocycles. The van der Waals surface area contributed by atoms with Crippen LogP contribution in [0.5, 0.6) is 0 Å². The Kier molecular flexibility index (Phi) is 3.85. The maximum atomic E-state index is 12.5. The molecule has 6 heteroatoms. The molecule has 2 aromatic rings. The second-order valence-corrected chi connectivity index (χ2v) is 4.68. The van der Waals surface area contributed by atoms with Gasteiger partial charge < -0.3 is 4.90 Å². The first-order valence-electron chi connectivity index (χ1n) is 6.08. The summed E-state index contributed by atoms with van der Waals surface area (Å²) < 4.78 is 37.6. The number of rotatable bonds is 2. The van der Waals surface area contributed by atoms with E-state index in [1.54, 1.807) is 31.1 Å². The fraction of sp³-hybridized carbons (Fsp3) is 0.200. The zero-order chi connectivity index (χ0) is 15.6. The molecule has 0 aliphatic rings. The summed E-state index contributed by atoms with van der Waals surface area (Å²) in [6, 6.07) is 9.91. The van der Waals surface area contributed by atoms with Crippen molar-refractivity contribution >= 4 is 5.82 Å². The van der Waals surface area contributed by atoms with Crippen LogP contribution in [0.1, 0.15) is 11.1 Å². The maximum Gasteiger partial charge on any atom is 0.416 e. The van der Waals surface area contributed by atoms with Crippen LogP contribution in [-0.2, 0) is 6.18 Å². The molecule has 0 radical (unpaired) electrons. The highest BCUT2D eigenvalue weighted by Gasteiger charge is 2.30. The third-order valence-corrected chi connectivity index (χ3v) is 2.91. The molecular weight excluding hydrogens is 279 g/mol. The quantitative estimate of drug-likeness (QED) is 0.847. The smallest absolute Gasteiger partial charge is 0.363 e. The molecule has 0 saturated carbocycles. The van der Waals surface area contributed by atoms with E-state index >= 15 is 0 Å². The first-order valence-corrected chi connectivity index (χ1v) is 6.08. The van der Waals surface area contributed by atoms with Gasteiger partial charge in [-0.3, -0.25) is 0 Å². The number of pyridine rings is 1. The third kappa shape index (κ3) is 3.31. The molecule has 2 rings (SSSR count). The van der Waals surface area contributed by atoms with Gasteiger partial charge in [-0.2, -0.15) is 18.4 Å². The van der Waals surface area contributed by atoms with Gasteiger partial charge in [-0.15, -0.1) is 0 Å². The van der Waals surface area contributed by atoms with Gasteiger partial charge in [0.1, 0.15) is 5.82 Å². The van der Waals surface area contributed by atoms with Gasteiger partial charge in [-0.1, -0.05) is 12.1 Å². The number of hydrogen-bond acceptors (Lipinski definition) is 3. The predicted molar refractivity (Wildman–Crippen MR) is 73.7 cm³/mol.